The van der Waals surface area contributed by atoms with E-state index in [9.17, 15) is 4.79 Å². The van der Waals surface area contributed by atoms with Crippen LogP contribution in [0.2, 0.25) is 0 Å². The van der Waals surface area contributed by atoms with Crippen LogP contribution in [0.25, 0.3) is 11.1 Å². The molecule has 0 radical (unpaired) electrons. The van der Waals surface area contributed by atoms with Gasteiger partial charge in [0, 0.05) is 13.9 Å². The van der Waals surface area contributed by atoms with Crippen molar-refractivity contribution in [2.75, 3.05) is 13.2 Å². The van der Waals surface area contributed by atoms with E-state index in [0.717, 1.165) is 0 Å². The zero-order chi connectivity index (χ0) is 13.9. The highest BCUT2D eigenvalue weighted by molar-refractivity contribution is 5.79. The lowest BCUT2D eigenvalue weighted by Crippen LogP contribution is -2.25. The van der Waals surface area contributed by atoms with Crippen molar-refractivity contribution in [2.24, 2.45) is 0 Å². The number of fused-ring (bicyclic) bond motifs is 3. The van der Waals surface area contributed by atoms with Crippen molar-refractivity contribution in [3.63, 3.8) is 0 Å². The van der Waals surface area contributed by atoms with Crippen molar-refractivity contribution in [3.05, 3.63) is 59.7 Å². The van der Waals surface area contributed by atoms with Gasteiger partial charge in [-0.25, -0.2) is 4.79 Å². The maximum absolute atomic E-state index is 11.5. The topological polar surface area (TPSA) is 38.3 Å². The van der Waals surface area contributed by atoms with Crippen molar-refractivity contribution in [3.8, 4) is 11.1 Å². The van der Waals surface area contributed by atoms with Crippen LogP contribution in [0.3, 0.4) is 0 Å². The third-order valence-corrected chi connectivity index (χ3v) is 3.66. The van der Waals surface area contributed by atoms with Crippen LogP contribution in [0.5, 0.6) is 0 Å². The molecule has 0 unspecified atom stereocenters. The lowest BCUT2D eigenvalue weighted by molar-refractivity contribution is 0.143. The van der Waals surface area contributed by atoms with E-state index in [0.29, 0.717) is 13.2 Å². The molecule has 0 bridgehead atoms. The summed E-state index contributed by atoms with van der Waals surface area (Å²) in [7, 11) is 0. The summed E-state index contributed by atoms with van der Waals surface area (Å²) in [5.41, 5.74) is 4.95. The molecule has 0 spiro atoms. The van der Waals surface area contributed by atoms with Crippen molar-refractivity contribution < 1.29 is 11.0 Å². The van der Waals surface area contributed by atoms with Crippen molar-refractivity contribution >= 4 is 6.09 Å². The van der Waals surface area contributed by atoms with E-state index in [1.807, 2.05) is 31.2 Å². The molecule has 104 valence electrons. The van der Waals surface area contributed by atoms with Gasteiger partial charge in [0.1, 0.15) is 6.61 Å². The van der Waals surface area contributed by atoms with Crippen LogP contribution in [0, 0.1) is 0 Å². The zero-order valence-electron chi connectivity index (χ0n) is 11.4. The maximum atomic E-state index is 11.5. The summed E-state index contributed by atoms with van der Waals surface area (Å²) in [5.74, 6) is 0.130. The number of rotatable bonds is 3. The minimum Gasteiger partial charge on any atom is -0.449 e. The molecule has 1 N–H and O–H groups in total. The van der Waals surface area contributed by atoms with E-state index >= 15 is 0 Å². The second-order valence-electron chi connectivity index (χ2n) is 4.86. The van der Waals surface area contributed by atoms with E-state index < -0.39 is 0 Å². The van der Waals surface area contributed by atoms with Crippen LogP contribution >= 0.6 is 0 Å². The largest absolute Gasteiger partial charge is 0.449 e. The molecule has 2 aromatic rings. The van der Waals surface area contributed by atoms with Crippen molar-refractivity contribution in [1.29, 1.82) is 0 Å². The number of alkyl carbamates (subject to hydrolysis) is 1. The third kappa shape index (κ3) is 2.16. The number of carbonyl (C=O) groups is 1. The minimum absolute atomic E-state index is 0. The average molecular weight is 269 g/mol. The first kappa shape index (κ1) is 12.7. The molecule has 1 aliphatic carbocycles. The summed E-state index contributed by atoms with van der Waals surface area (Å²) in [6.07, 6.45) is -0.352. The van der Waals surface area contributed by atoms with Crippen LogP contribution in [0.4, 0.5) is 4.79 Å². The lowest BCUT2D eigenvalue weighted by Gasteiger charge is -2.14. The van der Waals surface area contributed by atoms with Crippen LogP contribution < -0.4 is 5.32 Å². The summed E-state index contributed by atoms with van der Waals surface area (Å²) in [4.78, 5) is 11.5. The van der Waals surface area contributed by atoms with Crippen LogP contribution in [0.15, 0.2) is 48.5 Å². The minimum atomic E-state index is -0.352. The highest BCUT2D eigenvalue weighted by Crippen LogP contribution is 2.44. The van der Waals surface area contributed by atoms with Gasteiger partial charge < -0.3 is 10.1 Å². The van der Waals surface area contributed by atoms with Gasteiger partial charge in [-0.15, -0.1) is 0 Å². The van der Waals surface area contributed by atoms with E-state index in [1.165, 1.54) is 22.3 Å². The Balaban J connectivity index is 0.00000161. The quantitative estimate of drug-likeness (QED) is 0.920. The molecule has 3 nitrogen and oxygen atoms in total. The Morgan fingerprint density at radius 1 is 1.10 bits per heavy atom. The molecule has 3 rings (SSSR count). The number of hydrogen-bond donors (Lipinski definition) is 1. The Kier molecular flexibility index (Phi) is 3.42. The Hall–Kier alpha value is -2.29. The summed E-state index contributed by atoms with van der Waals surface area (Å²) in [5, 5.41) is 2.66. The lowest BCUT2D eigenvalue weighted by atomic mass is 9.98. The van der Waals surface area contributed by atoms with Gasteiger partial charge in [-0.3, -0.25) is 0 Å². The molecule has 0 saturated carbocycles. The smallest absolute Gasteiger partial charge is 0.407 e. The van der Waals surface area contributed by atoms with Gasteiger partial charge in [0.25, 0.3) is 0 Å². The normalized spacial score (nSPS) is 12.7. The van der Waals surface area contributed by atoms with Gasteiger partial charge in [0.2, 0.25) is 0 Å². The molecule has 0 atom stereocenters. The summed E-state index contributed by atoms with van der Waals surface area (Å²) in [6.45, 7) is 2.83. The highest BCUT2D eigenvalue weighted by atomic mass is 16.5. The van der Waals surface area contributed by atoms with Gasteiger partial charge >= 0.3 is 6.09 Å². The summed E-state index contributed by atoms with van der Waals surface area (Å²) in [6, 6.07) is 16.6. The monoisotopic (exact) mass is 269 g/mol. The Morgan fingerprint density at radius 3 is 2.20 bits per heavy atom. The summed E-state index contributed by atoms with van der Waals surface area (Å²) < 4.78 is 5.33. The van der Waals surface area contributed by atoms with Gasteiger partial charge in [-0.2, -0.15) is 0 Å². The van der Waals surface area contributed by atoms with Crippen LogP contribution in [0.1, 0.15) is 25.4 Å². The molecule has 1 amide bonds. The summed E-state index contributed by atoms with van der Waals surface area (Å²) >= 11 is 0. The number of hydrogen-bond acceptors (Lipinski definition) is 2. The standard InChI is InChI=1S/C17H17NO2.H2/c1-2-18-17(19)20-11-16-14-9-5-3-7-12(14)13-8-4-6-10-15(13)16;/h3-10,16H,2,11H2,1H3,(H,18,19);1H. The van der Waals surface area contributed by atoms with E-state index in [4.69, 9.17) is 4.74 Å². The first-order valence-corrected chi connectivity index (χ1v) is 6.90. The molecule has 2 aromatic carbocycles. The number of amides is 1. The molecule has 0 heterocycles. The fourth-order valence-electron chi connectivity index (χ4n) is 2.79. The predicted molar refractivity (Wildman–Crippen MR) is 80.9 cm³/mol. The fourth-order valence-corrected chi connectivity index (χ4v) is 2.79. The second-order valence-corrected chi connectivity index (χ2v) is 4.86. The molecule has 0 fully saturated rings. The van der Waals surface area contributed by atoms with Gasteiger partial charge in [-0.1, -0.05) is 48.5 Å². The van der Waals surface area contributed by atoms with Crippen molar-refractivity contribution in [2.45, 2.75) is 12.8 Å². The first-order chi connectivity index (χ1) is 9.81. The third-order valence-electron chi connectivity index (χ3n) is 3.66. The molecule has 0 aliphatic heterocycles. The zero-order valence-corrected chi connectivity index (χ0v) is 11.4. The van der Waals surface area contributed by atoms with Crippen molar-refractivity contribution in [1.82, 2.24) is 5.32 Å². The fraction of sp³-hybridized carbons (Fsp3) is 0.235. The average Bonchev–Trinajstić information content (AvgIpc) is 2.80. The molecule has 20 heavy (non-hydrogen) atoms. The van der Waals surface area contributed by atoms with E-state index in [2.05, 4.69) is 29.6 Å². The van der Waals surface area contributed by atoms with Crippen LogP contribution in [-0.4, -0.2) is 19.2 Å². The molecule has 0 saturated heterocycles. The van der Waals surface area contributed by atoms with Gasteiger partial charge in [-0.05, 0) is 29.2 Å². The van der Waals surface area contributed by atoms with E-state index in [-0.39, 0.29) is 13.4 Å². The number of benzene rings is 2. The first-order valence-electron chi connectivity index (χ1n) is 6.90. The molecular weight excluding hydrogens is 250 g/mol. The predicted octanol–water partition coefficient (Wildman–Crippen LogP) is 3.79. The maximum Gasteiger partial charge on any atom is 0.407 e. The molecule has 1 aliphatic rings. The van der Waals surface area contributed by atoms with Gasteiger partial charge in [0.05, 0.1) is 0 Å². The van der Waals surface area contributed by atoms with E-state index in [1.54, 1.807) is 0 Å². The number of ether oxygens (including phenoxy) is 1. The molecule has 0 aromatic heterocycles. The second kappa shape index (κ2) is 5.37. The Bertz CT molecular complexity index is 597. The van der Waals surface area contributed by atoms with Crippen LogP contribution in [-0.2, 0) is 4.74 Å². The van der Waals surface area contributed by atoms with Gasteiger partial charge in [0.15, 0.2) is 0 Å². The Morgan fingerprint density at radius 2 is 1.65 bits per heavy atom. The molecular formula is C17H19NO2. The molecule has 3 heteroatoms. The Labute approximate surface area is 120 Å². The number of nitrogens with one attached hydrogen (secondary N) is 1. The SMILES string of the molecule is CCNC(=O)OCC1c2ccccc2-c2ccccc21.[HH]. The highest BCUT2D eigenvalue weighted by Gasteiger charge is 2.28. The number of carbonyl (C=O) groups excluding carboxylic acids is 1.